The van der Waals surface area contributed by atoms with Crippen LogP contribution in [0.2, 0.25) is 0 Å². The van der Waals surface area contributed by atoms with Gasteiger partial charge in [-0.3, -0.25) is 9.48 Å². The standard InChI is InChI=1S/C21H24FN3O.C7H14O.C2H4O.C2H6/c1-14(21(2,3)4)23-20(26)19-17-7-5-6-8-18(17)25(24-19)13-15-9-11-16(22)12-10-15;1-2-6-3-4-7(8)5-6;1-2-3;1-2/h5-12,14H,13H2,1-4H3,(H,23,26);6-8H,2-5H2,1H3;2H,1H3;1-2H3. The molecule has 216 valence electrons. The minimum absolute atomic E-state index is 0.0102. The van der Waals surface area contributed by atoms with E-state index in [1.54, 1.807) is 16.8 Å². The molecule has 0 bridgehead atoms. The Balaban J connectivity index is 0.000000486. The zero-order chi connectivity index (χ0) is 29.6. The molecule has 3 atom stereocenters. The lowest BCUT2D eigenvalue weighted by molar-refractivity contribution is -0.106. The first-order valence-electron chi connectivity index (χ1n) is 14.1. The van der Waals surface area contributed by atoms with Gasteiger partial charge in [-0.1, -0.05) is 78.3 Å². The zero-order valence-electron chi connectivity index (χ0n) is 25.0. The molecule has 0 saturated heterocycles. The smallest absolute Gasteiger partial charge is 0.272 e. The summed E-state index contributed by atoms with van der Waals surface area (Å²) in [5.74, 6) is 0.377. The van der Waals surface area contributed by atoms with Gasteiger partial charge in [0.2, 0.25) is 0 Å². The zero-order valence-corrected chi connectivity index (χ0v) is 25.0. The van der Waals surface area contributed by atoms with E-state index in [9.17, 15) is 9.18 Å². The van der Waals surface area contributed by atoms with Gasteiger partial charge in [0.15, 0.2) is 5.69 Å². The third-order valence-corrected chi connectivity index (χ3v) is 6.86. The molecule has 1 aliphatic rings. The highest BCUT2D eigenvalue weighted by Gasteiger charge is 2.25. The Kier molecular flexibility index (Phi) is 14.6. The predicted octanol–water partition coefficient (Wildman–Crippen LogP) is 7.18. The molecule has 1 fully saturated rings. The summed E-state index contributed by atoms with van der Waals surface area (Å²) in [7, 11) is 0. The van der Waals surface area contributed by atoms with E-state index >= 15 is 0 Å². The van der Waals surface area contributed by atoms with Crippen molar-refractivity contribution in [3.05, 3.63) is 65.6 Å². The fourth-order valence-corrected chi connectivity index (χ4v) is 4.08. The number of halogens is 1. The average Bonchev–Trinajstić information content (AvgIpc) is 3.50. The highest BCUT2D eigenvalue weighted by atomic mass is 19.1. The summed E-state index contributed by atoms with van der Waals surface area (Å²) in [6.45, 7) is 16.4. The Morgan fingerprint density at radius 3 is 2.23 bits per heavy atom. The number of aldehydes is 1. The Morgan fingerprint density at radius 1 is 1.15 bits per heavy atom. The van der Waals surface area contributed by atoms with Gasteiger partial charge in [0, 0.05) is 11.4 Å². The number of fused-ring (bicyclic) bond motifs is 1. The molecule has 0 radical (unpaired) electrons. The summed E-state index contributed by atoms with van der Waals surface area (Å²) in [5.41, 5.74) is 2.18. The maximum atomic E-state index is 13.1. The third-order valence-electron chi connectivity index (χ3n) is 6.86. The maximum absolute atomic E-state index is 13.1. The van der Waals surface area contributed by atoms with Gasteiger partial charge >= 0.3 is 0 Å². The molecule has 1 saturated carbocycles. The number of rotatable bonds is 5. The van der Waals surface area contributed by atoms with Gasteiger partial charge in [0.05, 0.1) is 18.2 Å². The summed E-state index contributed by atoms with van der Waals surface area (Å²) in [6.07, 6.45) is 5.36. The highest BCUT2D eigenvalue weighted by Crippen LogP contribution is 2.27. The van der Waals surface area contributed by atoms with Gasteiger partial charge in [-0.2, -0.15) is 5.10 Å². The van der Waals surface area contributed by atoms with Crippen LogP contribution in [0.1, 0.15) is 97.1 Å². The second kappa shape index (κ2) is 16.8. The van der Waals surface area contributed by atoms with Crippen molar-refractivity contribution in [2.45, 2.75) is 99.8 Å². The lowest BCUT2D eigenvalue weighted by Crippen LogP contribution is -2.41. The molecule has 7 heteroatoms. The molecule has 1 aromatic heterocycles. The summed E-state index contributed by atoms with van der Waals surface area (Å²) in [5, 5.41) is 17.4. The first-order valence-corrected chi connectivity index (χ1v) is 14.1. The minimum Gasteiger partial charge on any atom is -0.393 e. The summed E-state index contributed by atoms with van der Waals surface area (Å²) < 4.78 is 14.9. The van der Waals surface area contributed by atoms with Crippen LogP contribution < -0.4 is 5.32 Å². The second-order valence-electron chi connectivity index (χ2n) is 10.7. The van der Waals surface area contributed by atoms with Crippen molar-refractivity contribution in [3.63, 3.8) is 0 Å². The number of amides is 1. The molecular formula is C32H48FN3O3. The van der Waals surface area contributed by atoms with Crippen molar-refractivity contribution in [2.24, 2.45) is 11.3 Å². The number of hydrogen-bond acceptors (Lipinski definition) is 4. The maximum Gasteiger partial charge on any atom is 0.272 e. The first kappa shape index (κ1) is 34.0. The number of carbonyl (C=O) groups is 2. The number of hydrogen-bond donors (Lipinski definition) is 2. The molecule has 2 N–H and O–H groups in total. The number of para-hydroxylation sites is 1. The molecule has 1 aliphatic carbocycles. The van der Waals surface area contributed by atoms with Crippen molar-refractivity contribution in [3.8, 4) is 0 Å². The lowest BCUT2D eigenvalue weighted by Gasteiger charge is -2.27. The van der Waals surface area contributed by atoms with Gasteiger partial charge in [-0.15, -0.1) is 0 Å². The summed E-state index contributed by atoms with van der Waals surface area (Å²) in [6, 6.07) is 14.0. The van der Waals surface area contributed by atoms with Crippen molar-refractivity contribution in [2.75, 3.05) is 0 Å². The quantitative estimate of drug-likeness (QED) is 0.335. The molecule has 39 heavy (non-hydrogen) atoms. The first-order chi connectivity index (χ1) is 18.5. The molecule has 2 aromatic carbocycles. The largest absolute Gasteiger partial charge is 0.393 e. The molecule has 0 spiro atoms. The molecule has 3 unspecified atom stereocenters. The number of aliphatic hydroxyl groups is 1. The van der Waals surface area contributed by atoms with E-state index in [4.69, 9.17) is 9.90 Å². The van der Waals surface area contributed by atoms with Crippen molar-refractivity contribution >= 4 is 23.1 Å². The van der Waals surface area contributed by atoms with Crippen LogP contribution in [0.3, 0.4) is 0 Å². The van der Waals surface area contributed by atoms with E-state index in [1.165, 1.54) is 31.9 Å². The summed E-state index contributed by atoms with van der Waals surface area (Å²) in [4.78, 5) is 21.6. The number of nitrogens with one attached hydrogen (secondary N) is 1. The van der Waals surface area contributed by atoms with Crippen LogP contribution in [0.5, 0.6) is 0 Å². The topological polar surface area (TPSA) is 84.2 Å². The van der Waals surface area contributed by atoms with Gasteiger partial charge in [-0.05, 0) is 68.2 Å². The number of aromatic nitrogens is 2. The minimum atomic E-state index is -0.268. The van der Waals surface area contributed by atoms with E-state index < -0.39 is 0 Å². The van der Waals surface area contributed by atoms with Crippen LogP contribution in [0.25, 0.3) is 10.9 Å². The second-order valence-corrected chi connectivity index (χ2v) is 10.7. The van der Waals surface area contributed by atoms with Crippen LogP contribution in [-0.2, 0) is 11.3 Å². The van der Waals surface area contributed by atoms with Crippen LogP contribution in [0.15, 0.2) is 48.5 Å². The van der Waals surface area contributed by atoms with Gasteiger partial charge in [0.25, 0.3) is 5.91 Å². The fourth-order valence-electron chi connectivity index (χ4n) is 4.08. The third kappa shape index (κ3) is 10.9. The van der Waals surface area contributed by atoms with Gasteiger partial charge in [0.1, 0.15) is 12.1 Å². The lowest BCUT2D eigenvalue weighted by atomic mass is 9.88. The molecule has 3 aromatic rings. The fraction of sp³-hybridized carbons (Fsp3) is 0.531. The van der Waals surface area contributed by atoms with E-state index in [1.807, 2.05) is 45.0 Å². The summed E-state index contributed by atoms with van der Waals surface area (Å²) >= 11 is 0. The van der Waals surface area contributed by atoms with E-state index in [-0.39, 0.29) is 29.3 Å². The Bertz CT molecular complexity index is 1140. The van der Waals surface area contributed by atoms with E-state index in [0.29, 0.717) is 12.2 Å². The SMILES string of the molecule is CC.CC(NC(=O)c1nn(Cc2ccc(F)cc2)c2ccccc12)C(C)(C)C.CC=O.CCC1CCC(O)C1. The molecule has 1 heterocycles. The van der Waals surface area contributed by atoms with Gasteiger partial charge < -0.3 is 15.2 Å². The van der Waals surface area contributed by atoms with Crippen molar-refractivity contribution in [1.29, 1.82) is 0 Å². The highest BCUT2D eigenvalue weighted by molar-refractivity contribution is 6.05. The molecular weight excluding hydrogens is 493 g/mol. The van der Waals surface area contributed by atoms with Gasteiger partial charge in [-0.25, -0.2) is 4.39 Å². The van der Waals surface area contributed by atoms with Crippen molar-refractivity contribution < 1.29 is 19.1 Å². The molecule has 1 amide bonds. The number of nitrogens with zero attached hydrogens (tertiary/aromatic N) is 2. The Hall–Kier alpha value is -3.06. The van der Waals surface area contributed by atoms with E-state index in [2.05, 4.69) is 38.1 Å². The Labute approximate surface area is 234 Å². The molecule has 0 aliphatic heterocycles. The van der Waals surface area contributed by atoms with Crippen LogP contribution >= 0.6 is 0 Å². The predicted molar refractivity (Wildman–Crippen MR) is 158 cm³/mol. The van der Waals surface area contributed by atoms with Crippen LogP contribution in [0, 0.1) is 17.2 Å². The molecule has 6 nitrogen and oxygen atoms in total. The number of carbonyl (C=O) groups excluding carboxylic acids is 2. The van der Waals surface area contributed by atoms with Crippen molar-refractivity contribution in [1.82, 2.24) is 15.1 Å². The number of aliphatic hydroxyl groups excluding tert-OH is 1. The van der Waals surface area contributed by atoms with Crippen LogP contribution in [-0.4, -0.2) is 39.2 Å². The normalized spacial score (nSPS) is 17.0. The average molecular weight is 542 g/mol. The monoisotopic (exact) mass is 541 g/mol. The number of benzene rings is 2. The Morgan fingerprint density at radius 2 is 1.74 bits per heavy atom. The van der Waals surface area contributed by atoms with E-state index in [0.717, 1.165) is 41.5 Å². The van der Waals surface area contributed by atoms with Crippen LogP contribution in [0.4, 0.5) is 4.39 Å². The molecule has 4 rings (SSSR count).